The van der Waals surface area contributed by atoms with Gasteiger partial charge in [-0.3, -0.25) is 4.79 Å². The SMILES string of the molecule is CCCC(=O)Nc1sc2c(c1-c1nc3ccccc3s1)CCCC2. The number of nitrogens with zero attached hydrogens (tertiary/aromatic N) is 1. The lowest BCUT2D eigenvalue weighted by atomic mass is 9.96. The van der Waals surface area contributed by atoms with Crippen molar-refractivity contribution in [2.24, 2.45) is 0 Å². The third-order valence-corrected chi connectivity index (χ3v) is 6.67. The first-order valence-corrected chi connectivity index (χ1v) is 10.2. The zero-order valence-electron chi connectivity index (χ0n) is 13.7. The Balaban J connectivity index is 1.82. The van der Waals surface area contributed by atoms with Crippen LogP contribution in [0.3, 0.4) is 0 Å². The molecule has 0 atom stereocenters. The highest BCUT2D eigenvalue weighted by Crippen LogP contribution is 2.46. The van der Waals surface area contributed by atoms with Crippen molar-refractivity contribution in [3.63, 3.8) is 0 Å². The summed E-state index contributed by atoms with van der Waals surface area (Å²) in [4.78, 5) is 18.4. The van der Waals surface area contributed by atoms with E-state index < -0.39 is 0 Å². The molecule has 1 N–H and O–H groups in total. The molecule has 1 aliphatic carbocycles. The van der Waals surface area contributed by atoms with Crippen LogP contribution < -0.4 is 5.32 Å². The topological polar surface area (TPSA) is 42.0 Å². The largest absolute Gasteiger partial charge is 0.317 e. The smallest absolute Gasteiger partial charge is 0.224 e. The lowest BCUT2D eigenvalue weighted by Gasteiger charge is -2.11. The average molecular weight is 357 g/mol. The monoisotopic (exact) mass is 356 g/mol. The van der Waals surface area contributed by atoms with Crippen molar-refractivity contribution in [2.45, 2.75) is 45.4 Å². The van der Waals surface area contributed by atoms with Crippen molar-refractivity contribution in [1.29, 1.82) is 0 Å². The number of thiazole rings is 1. The van der Waals surface area contributed by atoms with E-state index in [4.69, 9.17) is 4.98 Å². The number of anilines is 1. The van der Waals surface area contributed by atoms with E-state index in [2.05, 4.69) is 23.5 Å². The summed E-state index contributed by atoms with van der Waals surface area (Å²) in [6.07, 6.45) is 6.14. The van der Waals surface area contributed by atoms with Gasteiger partial charge in [0.1, 0.15) is 10.0 Å². The van der Waals surface area contributed by atoms with Crippen LogP contribution in [0, 0.1) is 0 Å². The number of aryl methyl sites for hydroxylation is 1. The van der Waals surface area contributed by atoms with Crippen LogP contribution in [0.2, 0.25) is 0 Å². The van der Waals surface area contributed by atoms with E-state index in [-0.39, 0.29) is 5.91 Å². The first kappa shape index (κ1) is 15.8. The van der Waals surface area contributed by atoms with Crippen molar-refractivity contribution in [3.05, 3.63) is 34.7 Å². The number of aromatic nitrogens is 1. The van der Waals surface area contributed by atoms with E-state index >= 15 is 0 Å². The minimum Gasteiger partial charge on any atom is -0.317 e. The van der Waals surface area contributed by atoms with Crippen LogP contribution in [0.15, 0.2) is 24.3 Å². The number of hydrogen-bond donors (Lipinski definition) is 1. The maximum Gasteiger partial charge on any atom is 0.224 e. The molecule has 5 heteroatoms. The summed E-state index contributed by atoms with van der Waals surface area (Å²) >= 11 is 3.48. The number of fused-ring (bicyclic) bond motifs is 2. The van der Waals surface area contributed by atoms with Gasteiger partial charge in [0.2, 0.25) is 5.91 Å². The Morgan fingerprint density at radius 3 is 2.88 bits per heavy atom. The van der Waals surface area contributed by atoms with Crippen molar-refractivity contribution in [1.82, 2.24) is 4.98 Å². The van der Waals surface area contributed by atoms with E-state index in [0.29, 0.717) is 6.42 Å². The molecule has 0 spiro atoms. The van der Waals surface area contributed by atoms with Crippen LogP contribution in [-0.4, -0.2) is 10.9 Å². The maximum absolute atomic E-state index is 12.2. The second-order valence-corrected chi connectivity index (χ2v) is 8.34. The van der Waals surface area contributed by atoms with Crippen LogP contribution >= 0.6 is 22.7 Å². The van der Waals surface area contributed by atoms with Gasteiger partial charge >= 0.3 is 0 Å². The van der Waals surface area contributed by atoms with Crippen LogP contribution in [0.5, 0.6) is 0 Å². The molecule has 2 aromatic heterocycles. The molecule has 1 aromatic carbocycles. The molecule has 24 heavy (non-hydrogen) atoms. The summed E-state index contributed by atoms with van der Waals surface area (Å²) in [7, 11) is 0. The van der Waals surface area contributed by atoms with Crippen molar-refractivity contribution >= 4 is 43.8 Å². The first-order chi connectivity index (χ1) is 11.8. The molecule has 0 saturated heterocycles. The number of thiophene rings is 1. The molecule has 0 fully saturated rings. The van der Waals surface area contributed by atoms with Crippen LogP contribution in [0.25, 0.3) is 20.8 Å². The molecule has 4 rings (SSSR count). The summed E-state index contributed by atoms with van der Waals surface area (Å²) in [5, 5.41) is 5.20. The lowest BCUT2D eigenvalue weighted by Crippen LogP contribution is -2.10. The highest BCUT2D eigenvalue weighted by atomic mass is 32.1. The molecule has 1 amide bonds. The Morgan fingerprint density at radius 2 is 2.04 bits per heavy atom. The van der Waals surface area contributed by atoms with Crippen molar-refractivity contribution < 1.29 is 4.79 Å². The molecule has 0 radical (unpaired) electrons. The molecule has 3 nitrogen and oxygen atoms in total. The highest BCUT2D eigenvalue weighted by molar-refractivity contribution is 7.22. The van der Waals surface area contributed by atoms with E-state index in [1.807, 2.05) is 13.0 Å². The fraction of sp³-hybridized carbons (Fsp3) is 0.368. The summed E-state index contributed by atoms with van der Waals surface area (Å²) in [5.74, 6) is 0.110. The Labute approximate surface area is 149 Å². The molecule has 3 aromatic rings. The number of carbonyl (C=O) groups excluding carboxylic acids is 1. The number of carbonyl (C=O) groups is 1. The zero-order chi connectivity index (χ0) is 16.5. The highest BCUT2D eigenvalue weighted by Gasteiger charge is 2.24. The molecular weight excluding hydrogens is 336 g/mol. The second-order valence-electron chi connectivity index (χ2n) is 6.20. The third-order valence-electron chi connectivity index (χ3n) is 4.41. The molecule has 1 aliphatic rings. The average Bonchev–Trinajstić information content (AvgIpc) is 3.14. The summed E-state index contributed by atoms with van der Waals surface area (Å²) in [6.45, 7) is 2.04. The minimum absolute atomic E-state index is 0.110. The van der Waals surface area contributed by atoms with Gasteiger partial charge in [0.05, 0.1) is 10.2 Å². The number of benzene rings is 1. The van der Waals surface area contributed by atoms with Gasteiger partial charge in [-0.25, -0.2) is 4.98 Å². The van der Waals surface area contributed by atoms with E-state index in [0.717, 1.165) is 34.8 Å². The van der Waals surface area contributed by atoms with Crippen LogP contribution in [0.1, 0.15) is 43.0 Å². The Kier molecular flexibility index (Phi) is 4.37. The Bertz CT molecular complexity index is 861. The number of hydrogen-bond acceptors (Lipinski definition) is 4. The van der Waals surface area contributed by atoms with Crippen LogP contribution in [-0.2, 0) is 17.6 Å². The molecular formula is C19H20N2OS2. The minimum atomic E-state index is 0.110. The predicted molar refractivity (Wildman–Crippen MR) is 103 cm³/mol. The van der Waals surface area contributed by atoms with Gasteiger partial charge in [0.25, 0.3) is 0 Å². The molecule has 0 saturated carbocycles. The molecule has 0 aliphatic heterocycles. The normalized spacial score (nSPS) is 13.9. The Hall–Kier alpha value is -1.72. The van der Waals surface area contributed by atoms with E-state index in [9.17, 15) is 4.79 Å². The third kappa shape index (κ3) is 2.87. The van der Waals surface area contributed by atoms with Gasteiger partial charge in [-0.2, -0.15) is 0 Å². The number of para-hydroxylation sites is 1. The zero-order valence-corrected chi connectivity index (χ0v) is 15.4. The summed E-state index contributed by atoms with van der Waals surface area (Å²) in [6, 6.07) is 8.25. The number of rotatable bonds is 4. The Morgan fingerprint density at radius 1 is 1.21 bits per heavy atom. The van der Waals surface area contributed by atoms with E-state index in [1.165, 1.54) is 33.5 Å². The van der Waals surface area contributed by atoms with Gasteiger partial charge in [-0.15, -0.1) is 22.7 Å². The number of nitrogens with one attached hydrogen (secondary N) is 1. The molecule has 0 bridgehead atoms. The summed E-state index contributed by atoms with van der Waals surface area (Å²) < 4.78 is 1.20. The van der Waals surface area contributed by atoms with Crippen LogP contribution in [0.4, 0.5) is 5.00 Å². The molecule has 0 unspecified atom stereocenters. The lowest BCUT2D eigenvalue weighted by molar-refractivity contribution is -0.116. The van der Waals surface area contributed by atoms with Gasteiger partial charge in [-0.05, 0) is 49.8 Å². The standard InChI is InChI=1S/C19H20N2OS2/c1-2-7-16(22)21-19-17(12-8-3-5-10-14(12)23-19)18-20-13-9-4-6-11-15(13)24-18/h4,6,9,11H,2-3,5,7-8,10H2,1H3,(H,21,22). The van der Waals surface area contributed by atoms with Gasteiger partial charge in [0.15, 0.2) is 0 Å². The molecule has 2 heterocycles. The first-order valence-electron chi connectivity index (χ1n) is 8.56. The van der Waals surface area contributed by atoms with E-state index in [1.54, 1.807) is 22.7 Å². The fourth-order valence-electron chi connectivity index (χ4n) is 3.28. The second kappa shape index (κ2) is 6.65. The van der Waals surface area contributed by atoms with Gasteiger partial charge in [0, 0.05) is 16.9 Å². The fourth-order valence-corrected chi connectivity index (χ4v) is 5.69. The maximum atomic E-state index is 12.2. The van der Waals surface area contributed by atoms with Crippen molar-refractivity contribution in [3.8, 4) is 10.6 Å². The van der Waals surface area contributed by atoms with Gasteiger partial charge < -0.3 is 5.32 Å². The van der Waals surface area contributed by atoms with Gasteiger partial charge in [-0.1, -0.05) is 19.1 Å². The van der Waals surface area contributed by atoms with Crippen molar-refractivity contribution in [2.75, 3.05) is 5.32 Å². The number of amides is 1. The quantitative estimate of drug-likeness (QED) is 0.657. The predicted octanol–water partition coefficient (Wildman–Crippen LogP) is 5.64. The molecule has 124 valence electrons. The summed E-state index contributed by atoms with van der Waals surface area (Å²) in [5.41, 5.74) is 3.64.